The van der Waals surface area contributed by atoms with Gasteiger partial charge in [-0.15, -0.1) is 0 Å². The molecule has 0 aromatic rings. The van der Waals surface area contributed by atoms with Crippen LogP contribution in [0.5, 0.6) is 0 Å². The van der Waals surface area contributed by atoms with Crippen molar-refractivity contribution in [2.24, 2.45) is 0 Å². The van der Waals surface area contributed by atoms with E-state index in [2.05, 4.69) is 21.1 Å². The van der Waals surface area contributed by atoms with E-state index in [1.807, 2.05) is 0 Å². The quantitative estimate of drug-likeness (QED) is 0.367. The molecule has 2 nitrogen and oxygen atoms in total. The third kappa shape index (κ3) is 9.84. The minimum Gasteiger partial charge on any atom is -0.391 e. The predicted octanol–water partition coefficient (Wildman–Crippen LogP) is -1.23. The number of aliphatic hydroxyl groups is 1. The van der Waals surface area contributed by atoms with Gasteiger partial charge in [0.1, 0.15) is 6.54 Å². The lowest BCUT2D eigenvalue weighted by Gasteiger charge is -2.21. The van der Waals surface area contributed by atoms with Crippen molar-refractivity contribution >= 4 is 23.1 Å². The Balaban J connectivity index is 0. The Labute approximate surface area is 67.2 Å². The summed E-state index contributed by atoms with van der Waals surface area (Å²) in [5.74, 6) is 0. The number of nitrogens with zero attached hydrogens (tertiary/aromatic N) is 1. The zero-order valence-corrected chi connectivity index (χ0v) is 5.31. The maximum Gasteiger partial charge on any atom is 0.316 e. The summed E-state index contributed by atoms with van der Waals surface area (Å²) in [6.45, 7) is 1.11. The molecule has 0 saturated heterocycles. The lowest BCUT2D eigenvalue weighted by atomic mass is 10.5. The van der Waals surface area contributed by atoms with E-state index in [4.69, 9.17) is 5.11 Å². The van der Waals surface area contributed by atoms with Crippen LogP contribution in [0.15, 0.2) is 0 Å². The van der Waals surface area contributed by atoms with Crippen LogP contribution >= 0.6 is 0 Å². The lowest BCUT2D eigenvalue weighted by Crippen LogP contribution is -2.36. The molecule has 8 heavy (non-hydrogen) atoms. The molecule has 48 valence electrons. The molecule has 0 rings (SSSR count). The van der Waals surface area contributed by atoms with Crippen LogP contribution in [0.25, 0.3) is 0 Å². The molecule has 0 amide bonds. The van der Waals surface area contributed by atoms with E-state index < -0.39 is 0 Å². The molecule has 0 aliphatic heterocycles. The van der Waals surface area contributed by atoms with Crippen LogP contribution in [0.2, 0.25) is 0 Å². The molecule has 0 aromatic carbocycles. The summed E-state index contributed by atoms with van der Waals surface area (Å²) in [6, 6.07) is 0. The van der Waals surface area contributed by atoms with E-state index >= 15 is 0 Å². The van der Waals surface area contributed by atoms with Crippen molar-refractivity contribution in [3.8, 4) is 0 Å². The van der Waals surface area contributed by atoms with Gasteiger partial charge < -0.3 is 9.59 Å². The molecule has 0 radical (unpaired) electrons. The second-order valence-electron chi connectivity index (χ2n) is 2.74. The van der Waals surface area contributed by atoms with Crippen LogP contribution in [0.4, 0.5) is 0 Å². The first-order chi connectivity index (χ1) is 3.06. The minimum absolute atomic E-state index is 0. The first kappa shape index (κ1) is 11.5. The van der Waals surface area contributed by atoms with Crippen LogP contribution < -0.4 is 0 Å². The van der Waals surface area contributed by atoms with Crippen LogP contribution in [-0.4, -0.2) is 66.9 Å². The molecule has 0 fully saturated rings. The maximum absolute atomic E-state index is 8.39. The highest BCUT2D eigenvalue weighted by atomic mass is 24.3. The number of quaternary nitrogens is 1. The fourth-order valence-electron chi connectivity index (χ4n) is 0.300. The molecule has 0 saturated carbocycles. The number of likely N-dealkylation sites (N-methyl/N-ethyl adjacent to an activating group) is 1. The summed E-state index contributed by atoms with van der Waals surface area (Å²) in [5.41, 5.74) is 0. The van der Waals surface area contributed by atoms with Crippen molar-refractivity contribution in [2.75, 3.05) is 34.3 Å². The topological polar surface area (TPSA) is 20.2 Å². The van der Waals surface area contributed by atoms with Crippen LogP contribution in [-0.2, 0) is 0 Å². The highest BCUT2D eigenvalue weighted by Gasteiger charge is 2.02. The average molecular weight is 130 g/mol. The van der Waals surface area contributed by atoms with Gasteiger partial charge in [-0.3, -0.25) is 0 Å². The fraction of sp³-hybridized carbons (Fsp3) is 1.00. The maximum atomic E-state index is 8.39. The zero-order valence-electron chi connectivity index (χ0n) is 5.31. The van der Waals surface area contributed by atoms with Gasteiger partial charge >= 0.3 is 23.1 Å². The SMILES string of the molecule is C[N+](C)(C)CCO.[MgH2]. The van der Waals surface area contributed by atoms with E-state index in [0.717, 1.165) is 11.0 Å². The molecule has 1 N–H and O–H groups in total. The van der Waals surface area contributed by atoms with Crippen molar-refractivity contribution in [1.29, 1.82) is 0 Å². The number of rotatable bonds is 2. The third-order valence-electron chi connectivity index (χ3n) is 0.771. The Bertz CT molecular complexity index is 50.9. The summed E-state index contributed by atoms with van der Waals surface area (Å²) >= 11 is 0. The summed E-state index contributed by atoms with van der Waals surface area (Å²) in [5, 5.41) is 8.39. The van der Waals surface area contributed by atoms with Gasteiger partial charge in [0, 0.05) is 0 Å². The van der Waals surface area contributed by atoms with Crippen molar-refractivity contribution < 1.29 is 9.59 Å². The molecule has 0 aliphatic carbocycles. The normalized spacial score (nSPS) is 10.5. The number of hydrogen-bond donors (Lipinski definition) is 1. The van der Waals surface area contributed by atoms with E-state index in [1.165, 1.54) is 0 Å². The van der Waals surface area contributed by atoms with Crippen LogP contribution in [0.3, 0.4) is 0 Å². The largest absolute Gasteiger partial charge is 0.391 e. The van der Waals surface area contributed by atoms with Crippen LogP contribution in [0.1, 0.15) is 0 Å². The van der Waals surface area contributed by atoms with E-state index in [9.17, 15) is 0 Å². The number of hydrogen-bond acceptors (Lipinski definition) is 1. The Morgan fingerprint density at radius 2 is 1.62 bits per heavy atom. The zero-order chi connectivity index (χ0) is 5.91. The van der Waals surface area contributed by atoms with Gasteiger partial charge in [0.25, 0.3) is 0 Å². The Kier molecular flexibility index (Phi) is 6.53. The first-order valence-corrected chi connectivity index (χ1v) is 2.47. The molecule has 0 bridgehead atoms. The molecule has 3 heteroatoms. The standard InChI is InChI=1S/C5H14NO.Mg.2H/c1-6(2,3)4-5-7;;;/h7H,4-5H2,1-3H3;;;/q+1;;;. The lowest BCUT2D eigenvalue weighted by molar-refractivity contribution is -0.870. The van der Waals surface area contributed by atoms with Gasteiger partial charge in [-0.05, 0) is 0 Å². The first-order valence-electron chi connectivity index (χ1n) is 2.47. The Morgan fingerprint density at radius 3 is 1.62 bits per heavy atom. The van der Waals surface area contributed by atoms with E-state index in [0.29, 0.717) is 0 Å². The van der Waals surface area contributed by atoms with Crippen molar-refractivity contribution in [3.05, 3.63) is 0 Å². The number of aliphatic hydroxyl groups excluding tert-OH is 1. The fourth-order valence-corrected chi connectivity index (χ4v) is 0.300. The van der Waals surface area contributed by atoms with Gasteiger partial charge in [-0.25, -0.2) is 0 Å². The molecule has 0 heterocycles. The van der Waals surface area contributed by atoms with Crippen molar-refractivity contribution in [2.45, 2.75) is 0 Å². The van der Waals surface area contributed by atoms with Gasteiger partial charge in [0.15, 0.2) is 0 Å². The van der Waals surface area contributed by atoms with E-state index in [1.54, 1.807) is 0 Å². The second-order valence-corrected chi connectivity index (χ2v) is 2.74. The second kappa shape index (κ2) is 4.55. The van der Waals surface area contributed by atoms with Crippen molar-refractivity contribution in [3.63, 3.8) is 0 Å². The monoisotopic (exact) mass is 130 g/mol. The average Bonchev–Trinajstić information content (AvgIpc) is 1.30. The molecular weight excluding hydrogens is 114 g/mol. The van der Waals surface area contributed by atoms with Gasteiger partial charge in [-0.1, -0.05) is 0 Å². The van der Waals surface area contributed by atoms with E-state index in [-0.39, 0.29) is 29.7 Å². The summed E-state index contributed by atoms with van der Waals surface area (Å²) < 4.78 is 0.844. The van der Waals surface area contributed by atoms with Gasteiger partial charge in [0.05, 0.1) is 27.7 Å². The molecule has 0 atom stereocenters. The van der Waals surface area contributed by atoms with Gasteiger partial charge in [-0.2, -0.15) is 0 Å². The smallest absolute Gasteiger partial charge is 0.316 e. The predicted molar refractivity (Wildman–Crippen MR) is 38.5 cm³/mol. The van der Waals surface area contributed by atoms with Crippen molar-refractivity contribution in [1.82, 2.24) is 0 Å². The minimum atomic E-state index is 0. The molecular formula is C5H16MgNO+. The molecule has 0 aromatic heterocycles. The third-order valence-corrected chi connectivity index (χ3v) is 0.771. The highest BCUT2D eigenvalue weighted by Crippen LogP contribution is 1.84. The van der Waals surface area contributed by atoms with Crippen LogP contribution in [0, 0.1) is 0 Å². The Morgan fingerprint density at radius 1 is 1.25 bits per heavy atom. The molecule has 0 aliphatic rings. The molecule has 0 spiro atoms. The summed E-state index contributed by atoms with van der Waals surface area (Å²) in [6.07, 6.45) is 0. The molecule has 0 unspecified atom stereocenters. The van der Waals surface area contributed by atoms with Gasteiger partial charge in [0.2, 0.25) is 0 Å². The highest BCUT2D eigenvalue weighted by molar-refractivity contribution is 5.75. The Hall–Kier alpha value is 0.686. The summed E-state index contributed by atoms with van der Waals surface area (Å²) in [4.78, 5) is 0. The summed E-state index contributed by atoms with van der Waals surface area (Å²) in [7, 11) is 6.16.